The van der Waals surface area contributed by atoms with Gasteiger partial charge in [-0.15, -0.1) is 22.9 Å². The molecule has 0 aromatic carbocycles. The Morgan fingerprint density at radius 2 is 2.17 bits per heavy atom. The van der Waals surface area contributed by atoms with Crippen molar-refractivity contribution in [2.24, 2.45) is 0 Å². The minimum absolute atomic E-state index is 0.129. The summed E-state index contributed by atoms with van der Waals surface area (Å²) in [4.78, 5) is 14.5. The van der Waals surface area contributed by atoms with E-state index in [2.05, 4.69) is 15.9 Å². The molecule has 1 heterocycles. The summed E-state index contributed by atoms with van der Waals surface area (Å²) in [5.41, 5.74) is 0.780. The molecule has 0 unspecified atom stereocenters. The van der Waals surface area contributed by atoms with Crippen LogP contribution in [0.2, 0.25) is 0 Å². The number of carbonyl (C=O) groups is 1. The fourth-order valence-electron chi connectivity index (χ4n) is 2.52. The quantitative estimate of drug-likeness (QED) is 0.731. The highest BCUT2D eigenvalue weighted by atomic mass is 79.9. The van der Waals surface area contributed by atoms with Crippen LogP contribution in [0.4, 0.5) is 0 Å². The minimum atomic E-state index is 0.129. The van der Waals surface area contributed by atoms with E-state index in [1.165, 1.54) is 19.3 Å². The molecule has 2 nitrogen and oxygen atoms in total. The Bertz CT molecular complexity index is 403. The molecule has 0 saturated heterocycles. The van der Waals surface area contributed by atoms with E-state index in [1.807, 2.05) is 16.3 Å². The molecule has 2 rings (SSSR count). The van der Waals surface area contributed by atoms with Gasteiger partial charge in [0.15, 0.2) is 0 Å². The maximum Gasteiger partial charge on any atom is 0.255 e. The van der Waals surface area contributed by atoms with Crippen molar-refractivity contribution in [2.75, 3.05) is 12.4 Å². The Balaban J connectivity index is 2.10. The Labute approximate surface area is 125 Å². The van der Waals surface area contributed by atoms with E-state index in [4.69, 9.17) is 11.6 Å². The summed E-state index contributed by atoms with van der Waals surface area (Å²) in [6.45, 7) is 0.651. The van der Waals surface area contributed by atoms with Crippen LogP contribution in [0.1, 0.15) is 42.5 Å². The molecule has 0 atom stereocenters. The van der Waals surface area contributed by atoms with Gasteiger partial charge in [-0.2, -0.15) is 0 Å². The molecule has 0 spiro atoms. The molecule has 100 valence electrons. The summed E-state index contributed by atoms with van der Waals surface area (Å²) in [5.74, 6) is 0.637. The summed E-state index contributed by atoms with van der Waals surface area (Å²) in [7, 11) is 0. The van der Waals surface area contributed by atoms with E-state index >= 15 is 0 Å². The van der Waals surface area contributed by atoms with Gasteiger partial charge in [0.1, 0.15) is 0 Å². The third-order valence-electron chi connectivity index (χ3n) is 3.42. The van der Waals surface area contributed by atoms with Gasteiger partial charge in [-0.1, -0.05) is 19.3 Å². The molecule has 0 radical (unpaired) electrons. The fraction of sp³-hybridized carbons (Fsp3) is 0.615. The zero-order valence-corrected chi connectivity index (χ0v) is 13.4. The summed E-state index contributed by atoms with van der Waals surface area (Å²) in [5, 5.41) is 1.91. The highest BCUT2D eigenvalue weighted by Crippen LogP contribution is 2.26. The molecule has 18 heavy (non-hydrogen) atoms. The van der Waals surface area contributed by atoms with E-state index in [9.17, 15) is 4.79 Å². The van der Waals surface area contributed by atoms with Crippen LogP contribution in [-0.2, 0) is 0 Å². The Kier molecular flexibility index (Phi) is 5.52. The number of amides is 1. The third-order valence-corrected chi connectivity index (χ3v) is 5.09. The van der Waals surface area contributed by atoms with Crippen molar-refractivity contribution in [1.29, 1.82) is 0 Å². The van der Waals surface area contributed by atoms with E-state index < -0.39 is 0 Å². The number of hydrogen-bond donors (Lipinski definition) is 0. The molecule has 1 aliphatic rings. The second kappa shape index (κ2) is 6.92. The van der Waals surface area contributed by atoms with E-state index in [1.54, 1.807) is 11.3 Å². The lowest BCUT2D eigenvalue weighted by atomic mass is 9.94. The maximum atomic E-state index is 12.5. The first-order valence-electron chi connectivity index (χ1n) is 6.33. The number of thiophene rings is 1. The lowest BCUT2D eigenvalue weighted by Gasteiger charge is -2.33. The normalized spacial score (nSPS) is 16.8. The topological polar surface area (TPSA) is 20.3 Å². The van der Waals surface area contributed by atoms with Crippen molar-refractivity contribution in [3.8, 4) is 0 Å². The molecule has 1 aromatic heterocycles. The molecular weight excluding hydrogens is 334 g/mol. The largest absolute Gasteiger partial charge is 0.334 e. The number of alkyl halides is 1. The van der Waals surface area contributed by atoms with E-state index in [0.717, 1.165) is 22.2 Å². The van der Waals surface area contributed by atoms with Crippen molar-refractivity contribution >= 4 is 44.8 Å². The van der Waals surface area contributed by atoms with Gasteiger partial charge in [0, 0.05) is 23.8 Å². The number of nitrogens with zero attached hydrogens (tertiary/aromatic N) is 1. The first kappa shape index (κ1) is 14.4. The molecule has 1 saturated carbocycles. The lowest BCUT2D eigenvalue weighted by molar-refractivity contribution is 0.0650. The van der Waals surface area contributed by atoms with E-state index in [0.29, 0.717) is 18.5 Å². The molecule has 1 amide bonds. The second-order valence-electron chi connectivity index (χ2n) is 4.62. The summed E-state index contributed by atoms with van der Waals surface area (Å²) in [6.07, 6.45) is 5.99. The molecule has 1 aliphatic carbocycles. The highest BCUT2D eigenvalue weighted by Gasteiger charge is 2.26. The molecule has 0 aliphatic heterocycles. The van der Waals surface area contributed by atoms with Gasteiger partial charge in [0.2, 0.25) is 0 Å². The van der Waals surface area contributed by atoms with Gasteiger partial charge < -0.3 is 4.90 Å². The SMILES string of the molecule is O=C(c1csc(Br)c1)N(CCCl)C1CCCCC1. The Morgan fingerprint density at radius 1 is 1.44 bits per heavy atom. The first-order valence-corrected chi connectivity index (χ1v) is 8.54. The molecule has 0 bridgehead atoms. The molecular formula is C13H17BrClNOS. The average Bonchev–Trinajstić information content (AvgIpc) is 2.83. The van der Waals surface area contributed by atoms with E-state index in [-0.39, 0.29) is 5.91 Å². The molecule has 5 heteroatoms. The predicted octanol–water partition coefficient (Wildman–Crippen LogP) is 4.52. The summed E-state index contributed by atoms with van der Waals surface area (Å²) in [6, 6.07) is 2.28. The highest BCUT2D eigenvalue weighted by molar-refractivity contribution is 9.11. The third kappa shape index (κ3) is 3.49. The van der Waals surface area contributed by atoms with Gasteiger partial charge in [-0.3, -0.25) is 4.79 Å². The van der Waals surface area contributed by atoms with Crippen LogP contribution >= 0.6 is 38.9 Å². The lowest BCUT2D eigenvalue weighted by Crippen LogP contribution is -2.42. The van der Waals surface area contributed by atoms with Crippen LogP contribution in [0.25, 0.3) is 0 Å². The van der Waals surface area contributed by atoms with Crippen molar-refractivity contribution in [3.05, 3.63) is 20.8 Å². The summed E-state index contributed by atoms with van der Waals surface area (Å²) >= 11 is 10.8. The zero-order valence-electron chi connectivity index (χ0n) is 10.2. The standard InChI is InChI=1S/C13H17BrClNOS/c14-12-8-10(9-18-12)13(17)16(7-6-15)11-4-2-1-3-5-11/h8-9,11H,1-7H2. The Morgan fingerprint density at radius 3 is 2.72 bits per heavy atom. The van der Waals surface area contributed by atoms with Crippen LogP contribution in [0.3, 0.4) is 0 Å². The minimum Gasteiger partial charge on any atom is -0.334 e. The predicted molar refractivity (Wildman–Crippen MR) is 80.6 cm³/mol. The van der Waals surface area contributed by atoms with Crippen LogP contribution in [0, 0.1) is 0 Å². The van der Waals surface area contributed by atoms with Crippen molar-refractivity contribution < 1.29 is 4.79 Å². The average molecular weight is 351 g/mol. The first-order chi connectivity index (χ1) is 8.72. The summed E-state index contributed by atoms with van der Waals surface area (Å²) < 4.78 is 1.00. The maximum absolute atomic E-state index is 12.5. The zero-order chi connectivity index (χ0) is 13.0. The van der Waals surface area contributed by atoms with Crippen molar-refractivity contribution in [1.82, 2.24) is 4.90 Å². The number of rotatable bonds is 4. The van der Waals surface area contributed by atoms with Gasteiger partial charge in [0.25, 0.3) is 5.91 Å². The Hall–Kier alpha value is -0.0600. The van der Waals surface area contributed by atoms with Crippen LogP contribution in [0.15, 0.2) is 15.2 Å². The molecule has 0 N–H and O–H groups in total. The fourth-order valence-corrected chi connectivity index (χ4v) is 3.83. The second-order valence-corrected chi connectivity index (χ2v) is 7.29. The van der Waals surface area contributed by atoms with Gasteiger partial charge in [-0.25, -0.2) is 0 Å². The van der Waals surface area contributed by atoms with Gasteiger partial charge in [-0.05, 0) is 34.8 Å². The van der Waals surface area contributed by atoms with Crippen LogP contribution in [-0.4, -0.2) is 29.3 Å². The monoisotopic (exact) mass is 349 g/mol. The number of hydrogen-bond acceptors (Lipinski definition) is 2. The van der Waals surface area contributed by atoms with Crippen molar-refractivity contribution in [2.45, 2.75) is 38.1 Å². The van der Waals surface area contributed by atoms with Gasteiger partial charge in [0.05, 0.1) is 9.35 Å². The number of halogens is 2. The van der Waals surface area contributed by atoms with Gasteiger partial charge >= 0.3 is 0 Å². The number of carbonyl (C=O) groups excluding carboxylic acids is 1. The van der Waals surface area contributed by atoms with Crippen molar-refractivity contribution in [3.63, 3.8) is 0 Å². The van der Waals surface area contributed by atoms with Crippen LogP contribution in [0.5, 0.6) is 0 Å². The molecule has 1 aromatic rings. The molecule has 1 fully saturated rings. The smallest absolute Gasteiger partial charge is 0.255 e. The van der Waals surface area contributed by atoms with Crippen LogP contribution < -0.4 is 0 Å².